The third-order valence-electron chi connectivity index (χ3n) is 6.15. The van der Waals surface area contributed by atoms with Crippen LogP contribution in [0.5, 0.6) is 0 Å². The lowest BCUT2D eigenvalue weighted by atomic mass is 10.1. The average molecular weight is 449 g/mol. The number of carbonyl (C=O) groups excluding carboxylic acids is 2. The first-order valence-electron chi connectivity index (χ1n) is 12.3. The molecule has 0 atom stereocenters. The molecule has 0 aromatic heterocycles. The Morgan fingerprint density at radius 2 is 1.33 bits per heavy atom. The molecule has 33 heavy (non-hydrogen) atoms. The van der Waals surface area contributed by atoms with E-state index in [0.717, 1.165) is 50.3 Å². The van der Waals surface area contributed by atoms with Crippen LogP contribution < -0.4 is 4.90 Å². The van der Waals surface area contributed by atoms with E-state index in [4.69, 9.17) is 0 Å². The molecule has 0 spiro atoms. The van der Waals surface area contributed by atoms with Crippen molar-refractivity contribution in [1.82, 2.24) is 4.90 Å². The lowest BCUT2D eigenvalue weighted by Gasteiger charge is -2.36. The summed E-state index contributed by atoms with van der Waals surface area (Å²) in [4.78, 5) is 27.6. The van der Waals surface area contributed by atoms with Crippen molar-refractivity contribution < 1.29 is 9.59 Å². The highest BCUT2D eigenvalue weighted by Crippen LogP contribution is 2.23. The Morgan fingerprint density at radius 3 is 1.91 bits per heavy atom. The molecule has 0 radical (unpaired) electrons. The van der Waals surface area contributed by atoms with Crippen molar-refractivity contribution in [2.45, 2.75) is 58.3 Å². The van der Waals surface area contributed by atoms with Crippen molar-refractivity contribution in [1.29, 1.82) is 0 Å². The molecular weight excluding hydrogens is 412 g/mol. The number of carbonyl (C=O) groups is 2. The van der Waals surface area contributed by atoms with Gasteiger partial charge in [0.15, 0.2) is 0 Å². The normalized spacial score (nSPS) is 14.1. The van der Waals surface area contributed by atoms with Gasteiger partial charge in [-0.05, 0) is 55.0 Å². The van der Waals surface area contributed by atoms with Crippen LogP contribution in [0.25, 0.3) is 0 Å². The second-order valence-electron chi connectivity index (χ2n) is 8.66. The number of hydrogen-bond acceptors (Lipinski definition) is 5. The molecular formula is C27H36N4O2. The smallest absolute Gasteiger partial charge is 0.222 e. The van der Waals surface area contributed by atoms with Crippen LogP contribution in [0.1, 0.15) is 68.6 Å². The van der Waals surface area contributed by atoms with Crippen LogP contribution in [0.3, 0.4) is 0 Å². The first-order valence-corrected chi connectivity index (χ1v) is 12.3. The summed E-state index contributed by atoms with van der Waals surface area (Å²) >= 11 is 0. The number of benzene rings is 2. The summed E-state index contributed by atoms with van der Waals surface area (Å²) < 4.78 is 0. The first kappa shape index (κ1) is 24.6. The molecule has 0 aliphatic carbocycles. The minimum absolute atomic E-state index is 0.306. The fourth-order valence-electron chi connectivity index (χ4n) is 4.07. The molecule has 3 rings (SSSR count). The molecule has 0 unspecified atom stereocenters. The third kappa shape index (κ3) is 8.12. The summed E-state index contributed by atoms with van der Waals surface area (Å²) in [5, 5.41) is 8.50. The van der Waals surface area contributed by atoms with Crippen LogP contribution in [0, 0.1) is 0 Å². The SMILES string of the molecule is CCCCCCCCCC(=O)N1CCN(c2ccc(N=Nc3ccc(C=O)cc3)cc2)CC1. The van der Waals surface area contributed by atoms with Gasteiger partial charge in [0, 0.05) is 43.9 Å². The monoisotopic (exact) mass is 448 g/mol. The largest absolute Gasteiger partial charge is 0.368 e. The first-order chi connectivity index (χ1) is 16.2. The minimum atomic E-state index is 0.306. The van der Waals surface area contributed by atoms with E-state index in [1.165, 1.54) is 38.5 Å². The second kappa shape index (κ2) is 13.5. The summed E-state index contributed by atoms with van der Waals surface area (Å²) in [6.45, 7) is 5.51. The molecule has 176 valence electrons. The topological polar surface area (TPSA) is 65.3 Å². The maximum Gasteiger partial charge on any atom is 0.222 e. The summed E-state index contributed by atoms with van der Waals surface area (Å²) in [5.74, 6) is 0.306. The van der Waals surface area contributed by atoms with Crippen LogP contribution in [-0.4, -0.2) is 43.3 Å². The number of rotatable bonds is 12. The molecule has 2 aromatic rings. The molecule has 0 bridgehead atoms. The molecule has 1 aliphatic rings. The van der Waals surface area contributed by atoms with Crippen molar-refractivity contribution in [3.8, 4) is 0 Å². The Bertz CT molecular complexity index is 885. The predicted molar refractivity (Wildman–Crippen MR) is 134 cm³/mol. The van der Waals surface area contributed by atoms with Crippen molar-refractivity contribution in [3.63, 3.8) is 0 Å². The number of hydrogen-bond donors (Lipinski definition) is 0. The molecule has 1 fully saturated rings. The van der Waals surface area contributed by atoms with Crippen LogP contribution in [0.2, 0.25) is 0 Å². The second-order valence-corrected chi connectivity index (χ2v) is 8.66. The number of nitrogens with zero attached hydrogens (tertiary/aromatic N) is 4. The number of piperazine rings is 1. The van der Waals surface area contributed by atoms with Gasteiger partial charge in [-0.25, -0.2) is 0 Å². The zero-order valence-electron chi connectivity index (χ0n) is 19.8. The Balaban J connectivity index is 1.39. The maximum atomic E-state index is 12.5. The highest BCUT2D eigenvalue weighted by atomic mass is 16.2. The van der Waals surface area contributed by atoms with Gasteiger partial charge in [-0.2, -0.15) is 10.2 Å². The minimum Gasteiger partial charge on any atom is -0.368 e. The maximum absolute atomic E-state index is 12.5. The van der Waals surface area contributed by atoms with E-state index in [-0.39, 0.29) is 0 Å². The Hall–Kier alpha value is -3.02. The number of anilines is 1. The molecule has 6 nitrogen and oxygen atoms in total. The summed E-state index contributed by atoms with van der Waals surface area (Å²) in [6, 6.07) is 15.0. The van der Waals surface area contributed by atoms with Gasteiger partial charge in [0.1, 0.15) is 6.29 Å². The Morgan fingerprint density at radius 1 is 0.788 bits per heavy atom. The van der Waals surface area contributed by atoms with E-state index < -0.39 is 0 Å². The quantitative estimate of drug-likeness (QED) is 0.206. The molecule has 1 amide bonds. The van der Waals surface area contributed by atoms with Gasteiger partial charge in [0.25, 0.3) is 0 Å². The molecule has 6 heteroatoms. The van der Waals surface area contributed by atoms with Crippen LogP contribution in [0.15, 0.2) is 58.8 Å². The van der Waals surface area contributed by atoms with E-state index in [9.17, 15) is 9.59 Å². The van der Waals surface area contributed by atoms with Crippen molar-refractivity contribution >= 4 is 29.3 Å². The zero-order valence-corrected chi connectivity index (χ0v) is 19.8. The van der Waals surface area contributed by atoms with Crippen LogP contribution in [0.4, 0.5) is 17.1 Å². The highest BCUT2D eigenvalue weighted by Gasteiger charge is 2.20. The standard InChI is InChI=1S/C27H36N4O2/c1-2-3-4-5-6-7-8-9-27(33)31-20-18-30(19-21-31)26-16-14-25(15-17-26)29-28-24-12-10-23(22-32)11-13-24/h10-17,22H,2-9,18-21H2,1H3. The lowest BCUT2D eigenvalue weighted by molar-refractivity contribution is -0.131. The molecule has 1 aliphatic heterocycles. The van der Waals surface area contributed by atoms with Gasteiger partial charge in [-0.1, -0.05) is 45.4 Å². The van der Waals surface area contributed by atoms with E-state index in [1.807, 2.05) is 17.0 Å². The number of amides is 1. The van der Waals surface area contributed by atoms with Gasteiger partial charge in [0.05, 0.1) is 11.4 Å². The predicted octanol–water partition coefficient (Wildman–Crippen LogP) is 6.70. The van der Waals surface area contributed by atoms with E-state index in [1.54, 1.807) is 24.3 Å². The van der Waals surface area contributed by atoms with E-state index in [0.29, 0.717) is 23.6 Å². The van der Waals surface area contributed by atoms with Gasteiger partial charge >= 0.3 is 0 Å². The van der Waals surface area contributed by atoms with Crippen molar-refractivity contribution in [3.05, 3.63) is 54.1 Å². The van der Waals surface area contributed by atoms with Crippen molar-refractivity contribution in [2.75, 3.05) is 31.1 Å². The fraction of sp³-hybridized carbons (Fsp3) is 0.481. The number of azo groups is 1. The van der Waals surface area contributed by atoms with Crippen LogP contribution in [-0.2, 0) is 4.79 Å². The van der Waals surface area contributed by atoms with E-state index in [2.05, 4.69) is 34.2 Å². The lowest BCUT2D eigenvalue weighted by Crippen LogP contribution is -2.48. The number of unbranched alkanes of at least 4 members (excludes halogenated alkanes) is 6. The molecule has 0 N–H and O–H groups in total. The van der Waals surface area contributed by atoms with Gasteiger partial charge < -0.3 is 9.80 Å². The van der Waals surface area contributed by atoms with Gasteiger partial charge in [-0.3, -0.25) is 9.59 Å². The van der Waals surface area contributed by atoms with E-state index >= 15 is 0 Å². The Labute approximate surface area is 197 Å². The molecule has 1 heterocycles. The summed E-state index contributed by atoms with van der Waals surface area (Å²) in [6.07, 6.45) is 10.2. The molecule has 1 saturated heterocycles. The summed E-state index contributed by atoms with van der Waals surface area (Å²) in [7, 11) is 0. The molecule has 0 saturated carbocycles. The third-order valence-corrected chi connectivity index (χ3v) is 6.15. The highest BCUT2D eigenvalue weighted by molar-refractivity contribution is 5.76. The fourth-order valence-corrected chi connectivity index (χ4v) is 4.07. The van der Waals surface area contributed by atoms with Gasteiger partial charge in [-0.15, -0.1) is 0 Å². The average Bonchev–Trinajstić information content (AvgIpc) is 2.87. The Kier molecular flexibility index (Phi) is 10.1. The van der Waals surface area contributed by atoms with Gasteiger partial charge in [0.2, 0.25) is 5.91 Å². The summed E-state index contributed by atoms with van der Waals surface area (Å²) in [5.41, 5.74) is 3.25. The van der Waals surface area contributed by atoms with Crippen molar-refractivity contribution in [2.24, 2.45) is 10.2 Å². The zero-order chi connectivity index (χ0) is 23.3. The number of aldehydes is 1. The van der Waals surface area contributed by atoms with Crippen LogP contribution >= 0.6 is 0 Å². The molecule has 2 aromatic carbocycles.